The molecular weight excluding hydrogens is 362 g/mol. The molecule has 0 atom stereocenters. The summed E-state index contributed by atoms with van der Waals surface area (Å²) in [6.07, 6.45) is -1.81. The number of anilines is 2. The Balaban J connectivity index is 3.27. The Hall–Kier alpha value is -3.59. The third-order valence-electron chi connectivity index (χ3n) is 2.77. The Morgan fingerprint density at radius 2 is 1.50 bits per heavy atom. The molecule has 2 amide bonds. The minimum Gasteiger partial charge on any atom is -0.443 e. The molecule has 9 nitrogen and oxygen atoms in total. The van der Waals surface area contributed by atoms with Crippen LogP contribution in [0.3, 0.4) is 0 Å². The number of benzene rings is 1. The van der Waals surface area contributed by atoms with E-state index in [1.165, 1.54) is 12.1 Å². The van der Waals surface area contributed by atoms with E-state index in [1.54, 1.807) is 65.8 Å². The lowest BCUT2D eigenvalue weighted by atomic mass is 10.2. The van der Waals surface area contributed by atoms with E-state index in [-0.39, 0.29) is 11.4 Å². The molecule has 0 saturated carbocycles. The van der Waals surface area contributed by atoms with Gasteiger partial charge in [0.15, 0.2) is 0 Å². The average Bonchev–Trinajstić information content (AvgIpc) is 2.53. The Labute approximate surface area is 164 Å². The fraction of sp³-hybridized carbons (Fsp3) is 0.421. The number of ether oxygens (including phenoxy) is 2. The number of nitrogens with one attached hydrogen (secondary N) is 1. The minimum atomic E-state index is -0.905. The Kier molecular flexibility index (Phi) is 7.11. The number of rotatable bonds is 3. The number of imide groups is 1. The zero-order valence-corrected chi connectivity index (χ0v) is 16.7. The monoisotopic (exact) mass is 385 g/mol. The molecule has 0 fully saturated rings. The van der Waals surface area contributed by atoms with Gasteiger partial charge in [-0.05, 0) is 59.7 Å². The van der Waals surface area contributed by atoms with Crippen LogP contribution in [0.4, 0.5) is 21.0 Å². The second-order valence-corrected chi connectivity index (χ2v) is 7.64. The quantitative estimate of drug-likeness (QED) is 0.610. The molecule has 1 N–H and O–H groups in total. The molecule has 148 valence electrons. The highest BCUT2D eigenvalue weighted by molar-refractivity contribution is 6.11. The molecule has 0 spiro atoms. The van der Waals surface area contributed by atoms with Gasteiger partial charge in [-0.2, -0.15) is 20.5 Å². The summed E-state index contributed by atoms with van der Waals surface area (Å²) in [5.74, 6) is 0. The summed E-state index contributed by atoms with van der Waals surface area (Å²) in [6, 6.07) is 9.32. The maximum atomic E-state index is 12.6. The van der Waals surface area contributed by atoms with Crippen molar-refractivity contribution < 1.29 is 19.1 Å². The van der Waals surface area contributed by atoms with Crippen molar-refractivity contribution in [3.05, 3.63) is 24.3 Å². The molecule has 28 heavy (non-hydrogen) atoms. The summed E-state index contributed by atoms with van der Waals surface area (Å²) >= 11 is 0. The van der Waals surface area contributed by atoms with Crippen molar-refractivity contribution in [3.8, 4) is 12.1 Å². The van der Waals surface area contributed by atoms with Crippen molar-refractivity contribution in [3.63, 3.8) is 0 Å². The Morgan fingerprint density at radius 3 is 1.93 bits per heavy atom. The lowest BCUT2D eigenvalue weighted by molar-refractivity contribution is 0.0431. The van der Waals surface area contributed by atoms with E-state index in [2.05, 4.69) is 10.5 Å². The summed E-state index contributed by atoms with van der Waals surface area (Å²) in [4.78, 5) is 26.0. The van der Waals surface area contributed by atoms with Gasteiger partial charge in [-0.3, -0.25) is 5.43 Å². The maximum Gasteiger partial charge on any atom is 0.424 e. The first-order valence-electron chi connectivity index (χ1n) is 8.36. The van der Waals surface area contributed by atoms with Crippen molar-refractivity contribution in [2.45, 2.75) is 52.7 Å². The van der Waals surface area contributed by atoms with Crippen LogP contribution in [0.2, 0.25) is 0 Å². The molecule has 1 aromatic rings. The number of nitrogens with zero attached hydrogens (tertiary/aromatic N) is 4. The molecule has 0 aliphatic carbocycles. The molecule has 0 heterocycles. The predicted octanol–water partition coefficient (Wildman–Crippen LogP) is 4.18. The lowest BCUT2D eigenvalue weighted by Gasteiger charge is -2.28. The summed E-state index contributed by atoms with van der Waals surface area (Å²) in [5.41, 5.74) is 1.01. The summed E-state index contributed by atoms with van der Waals surface area (Å²) in [5, 5.41) is 21.1. The SMILES string of the molecule is CC(C)(C)OC(=O)N(C(=O)OC(C)(C)C)c1cccc(NN=C(C#N)C#N)c1. The van der Waals surface area contributed by atoms with Gasteiger partial charge in [0.2, 0.25) is 5.71 Å². The van der Waals surface area contributed by atoms with E-state index in [0.29, 0.717) is 5.69 Å². The van der Waals surface area contributed by atoms with E-state index < -0.39 is 23.4 Å². The van der Waals surface area contributed by atoms with Crippen LogP contribution in [0.15, 0.2) is 29.4 Å². The van der Waals surface area contributed by atoms with Crippen LogP contribution in [0.1, 0.15) is 41.5 Å². The largest absolute Gasteiger partial charge is 0.443 e. The standard InChI is InChI=1S/C19H23N5O4/c1-18(2,3)27-16(25)24(17(26)28-19(4,5)6)15-9-7-8-13(10-15)22-23-14(11-20)12-21/h7-10,22H,1-6H3. The zero-order valence-electron chi connectivity index (χ0n) is 16.7. The lowest BCUT2D eigenvalue weighted by Crippen LogP contribution is -2.43. The van der Waals surface area contributed by atoms with Crippen LogP contribution >= 0.6 is 0 Å². The zero-order chi connectivity index (χ0) is 21.5. The number of hydrazone groups is 1. The molecule has 9 heteroatoms. The highest BCUT2D eigenvalue weighted by Gasteiger charge is 2.32. The first-order chi connectivity index (χ1) is 12.9. The number of carbonyl (C=O) groups excluding carboxylic acids is 2. The van der Waals surface area contributed by atoms with Gasteiger partial charge in [0, 0.05) is 0 Å². The van der Waals surface area contributed by atoms with Crippen LogP contribution in [0, 0.1) is 22.7 Å². The number of amides is 2. The van der Waals surface area contributed by atoms with Gasteiger partial charge in [-0.1, -0.05) is 6.07 Å². The minimum absolute atomic E-state index is 0.166. The van der Waals surface area contributed by atoms with E-state index in [9.17, 15) is 9.59 Å². The smallest absolute Gasteiger partial charge is 0.424 e. The fourth-order valence-electron chi connectivity index (χ4n) is 1.81. The Bertz CT molecular complexity index is 807. The molecule has 0 aliphatic rings. The van der Waals surface area contributed by atoms with Crippen LogP contribution in [-0.4, -0.2) is 29.1 Å². The topological polar surface area (TPSA) is 128 Å². The summed E-state index contributed by atoms with van der Waals surface area (Å²) in [7, 11) is 0. The van der Waals surface area contributed by atoms with Gasteiger partial charge in [-0.15, -0.1) is 0 Å². The average molecular weight is 385 g/mol. The summed E-state index contributed by atoms with van der Waals surface area (Å²) < 4.78 is 10.6. The highest BCUT2D eigenvalue weighted by Crippen LogP contribution is 2.24. The molecule has 0 bridgehead atoms. The predicted molar refractivity (Wildman–Crippen MR) is 104 cm³/mol. The van der Waals surface area contributed by atoms with Gasteiger partial charge in [0.1, 0.15) is 23.3 Å². The van der Waals surface area contributed by atoms with Gasteiger partial charge in [0.05, 0.1) is 11.4 Å². The van der Waals surface area contributed by atoms with Crippen LogP contribution in [-0.2, 0) is 9.47 Å². The van der Waals surface area contributed by atoms with Crippen molar-refractivity contribution in [2.75, 3.05) is 10.3 Å². The van der Waals surface area contributed by atoms with E-state index >= 15 is 0 Å². The maximum absolute atomic E-state index is 12.6. The molecule has 0 radical (unpaired) electrons. The first kappa shape index (κ1) is 22.5. The van der Waals surface area contributed by atoms with Crippen molar-refractivity contribution in [1.82, 2.24) is 0 Å². The van der Waals surface area contributed by atoms with E-state index in [1.807, 2.05) is 0 Å². The van der Waals surface area contributed by atoms with E-state index in [0.717, 1.165) is 4.90 Å². The molecule has 1 rings (SSSR count). The van der Waals surface area contributed by atoms with Gasteiger partial charge in [0.25, 0.3) is 0 Å². The van der Waals surface area contributed by atoms with Gasteiger partial charge < -0.3 is 9.47 Å². The molecular formula is C19H23N5O4. The van der Waals surface area contributed by atoms with Crippen molar-refractivity contribution >= 4 is 29.3 Å². The molecule has 0 unspecified atom stereocenters. The molecule has 0 aliphatic heterocycles. The van der Waals surface area contributed by atoms with Gasteiger partial charge >= 0.3 is 12.2 Å². The van der Waals surface area contributed by atoms with Crippen molar-refractivity contribution in [2.24, 2.45) is 5.10 Å². The normalized spacial score (nSPS) is 10.7. The van der Waals surface area contributed by atoms with Crippen LogP contribution in [0.5, 0.6) is 0 Å². The summed E-state index contributed by atoms with van der Waals surface area (Å²) in [6.45, 7) is 10.1. The second kappa shape index (κ2) is 8.87. The van der Waals surface area contributed by atoms with Crippen LogP contribution in [0.25, 0.3) is 0 Å². The second-order valence-electron chi connectivity index (χ2n) is 7.64. The molecule has 0 aromatic heterocycles. The van der Waals surface area contributed by atoms with E-state index in [4.69, 9.17) is 20.0 Å². The molecule has 0 saturated heterocycles. The number of hydrogen-bond donors (Lipinski definition) is 1. The van der Waals surface area contributed by atoms with Crippen molar-refractivity contribution in [1.29, 1.82) is 10.5 Å². The number of hydrogen-bond acceptors (Lipinski definition) is 8. The number of nitriles is 2. The third kappa shape index (κ3) is 7.34. The fourth-order valence-corrected chi connectivity index (χ4v) is 1.81. The highest BCUT2D eigenvalue weighted by atomic mass is 16.6. The first-order valence-corrected chi connectivity index (χ1v) is 8.36. The Morgan fingerprint density at radius 1 is 1.00 bits per heavy atom. The van der Waals surface area contributed by atoms with Crippen LogP contribution < -0.4 is 10.3 Å². The third-order valence-corrected chi connectivity index (χ3v) is 2.77. The molecule has 1 aromatic carbocycles. The van der Waals surface area contributed by atoms with Gasteiger partial charge in [-0.25, -0.2) is 9.59 Å². The number of carbonyl (C=O) groups is 2.